The lowest BCUT2D eigenvalue weighted by atomic mass is 10.2. The normalized spacial score (nSPS) is 10.7. The number of carbonyl (C=O) groups is 1. The summed E-state index contributed by atoms with van der Waals surface area (Å²) in [7, 11) is 1.56. The van der Waals surface area contributed by atoms with Crippen LogP contribution in [0, 0.1) is 0 Å². The number of hydrogen-bond acceptors (Lipinski definition) is 5. The van der Waals surface area contributed by atoms with Gasteiger partial charge in [0.2, 0.25) is 5.91 Å². The number of aryl methyl sites for hydroxylation is 1. The molecule has 8 heteroatoms. The number of nitrogens with zero attached hydrogens (tertiary/aromatic N) is 3. The van der Waals surface area contributed by atoms with Gasteiger partial charge in [-0.15, -0.1) is 0 Å². The third-order valence-electron chi connectivity index (χ3n) is 4.27. The van der Waals surface area contributed by atoms with Crippen LogP contribution in [-0.2, 0) is 24.4 Å². The molecule has 1 N–H and O–H groups in total. The van der Waals surface area contributed by atoms with E-state index in [4.69, 9.17) is 4.74 Å². The van der Waals surface area contributed by atoms with Gasteiger partial charge in [0.05, 0.1) is 12.6 Å². The van der Waals surface area contributed by atoms with Crippen LogP contribution in [0.2, 0.25) is 0 Å². The van der Waals surface area contributed by atoms with Crippen molar-refractivity contribution in [2.45, 2.75) is 26.6 Å². The Morgan fingerprint density at radius 2 is 1.85 bits per heavy atom. The van der Waals surface area contributed by atoms with E-state index in [1.54, 1.807) is 38.4 Å². The molecule has 0 saturated carbocycles. The molecule has 0 fully saturated rings. The number of hydrogen-bond donors (Lipinski definition) is 1. The van der Waals surface area contributed by atoms with Gasteiger partial charge in [-0.05, 0) is 25.1 Å². The highest BCUT2D eigenvalue weighted by molar-refractivity contribution is 5.78. The van der Waals surface area contributed by atoms with Crippen LogP contribution in [-0.4, -0.2) is 27.1 Å². The van der Waals surface area contributed by atoms with Crippen molar-refractivity contribution in [2.24, 2.45) is 0 Å². The third kappa shape index (κ3) is 3.59. The molecule has 0 radical (unpaired) electrons. The van der Waals surface area contributed by atoms with Gasteiger partial charge < -0.3 is 10.1 Å². The Bertz CT molecular complexity index is 1100. The molecule has 8 nitrogen and oxygen atoms in total. The van der Waals surface area contributed by atoms with E-state index in [9.17, 15) is 14.4 Å². The topological polar surface area (TPSA) is 95.2 Å². The Morgan fingerprint density at radius 1 is 1.11 bits per heavy atom. The fourth-order valence-corrected chi connectivity index (χ4v) is 2.94. The Labute approximate surface area is 155 Å². The third-order valence-corrected chi connectivity index (χ3v) is 4.27. The number of fused-ring (bicyclic) bond motifs is 1. The van der Waals surface area contributed by atoms with E-state index < -0.39 is 11.1 Å². The summed E-state index contributed by atoms with van der Waals surface area (Å²) < 4.78 is 7.72. The summed E-state index contributed by atoms with van der Waals surface area (Å²) in [4.78, 5) is 41.4. The molecule has 3 rings (SSSR count). The SMILES string of the molecule is CCn1c(=O)c(=O)n(CC(=O)NCc2ccccc2OC)c2cccnc21. The second-order valence-electron chi connectivity index (χ2n) is 5.88. The van der Waals surface area contributed by atoms with Crippen LogP contribution >= 0.6 is 0 Å². The smallest absolute Gasteiger partial charge is 0.318 e. The Balaban J connectivity index is 1.88. The van der Waals surface area contributed by atoms with Crippen LogP contribution in [0.1, 0.15) is 12.5 Å². The second-order valence-corrected chi connectivity index (χ2v) is 5.88. The molecule has 27 heavy (non-hydrogen) atoms. The first-order chi connectivity index (χ1) is 13.1. The highest BCUT2D eigenvalue weighted by Crippen LogP contribution is 2.16. The van der Waals surface area contributed by atoms with Gasteiger partial charge in [-0.2, -0.15) is 0 Å². The number of pyridine rings is 1. The van der Waals surface area contributed by atoms with Crippen molar-refractivity contribution < 1.29 is 9.53 Å². The predicted octanol–water partition coefficient (Wildman–Crippen LogP) is 0.903. The zero-order valence-electron chi connectivity index (χ0n) is 15.1. The monoisotopic (exact) mass is 368 g/mol. The van der Waals surface area contributed by atoms with E-state index in [0.29, 0.717) is 23.5 Å². The molecule has 0 atom stereocenters. The van der Waals surface area contributed by atoms with E-state index in [1.165, 1.54) is 4.57 Å². The molecule has 1 aromatic carbocycles. The number of amides is 1. The summed E-state index contributed by atoms with van der Waals surface area (Å²) in [5, 5.41) is 2.75. The summed E-state index contributed by atoms with van der Waals surface area (Å²) in [6.07, 6.45) is 1.55. The van der Waals surface area contributed by atoms with E-state index in [2.05, 4.69) is 10.3 Å². The van der Waals surface area contributed by atoms with Crippen molar-refractivity contribution in [3.8, 4) is 5.75 Å². The average molecular weight is 368 g/mol. The molecular weight excluding hydrogens is 348 g/mol. The summed E-state index contributed by atoms with van der Waals surface area (Å²) in [6.45, 7) is 2.07. The first-order valence-corrected chi connectivity index (χ1v) is 8.53. The van der Waals surface area contributed by atoms with Gasteiger partial charge in [-0.1, -0.05) is 18.2 Å². The quantitative estimate of drug-likeness (QED) is 0.653. The minimum absolute atomic E-state index is 0.250. The minimum Gasteiger partial charge on any atom is -0.496 e. The molecule has 0 saturated heterocycles. The van der Waals surface area contributed by atoms with E-state index >= 15 is 0 Å². The fourth-order valence-electron chi connectivity index (χ4n) is 2.94. The molecule has 3 aromatic rings. The van der Waals surface area contributed by atoms with Crippen LogP contribution in [0.4, 0.5) is 0 Å². The zero-order chi connectivity index (χ0) is 19.4. The maximum Gasteiger partial charge on any atom is 0.318 e. The Hall–Kier alpha value is -3.42. The molecule has 2 heterocycles. The number of para-hydroxylation sites is 1. The van der Waals surface area contributed by atoms with Crippen LogP contribution in [0.5, 0.6) is 5.75 Å². The lowest BCUT2D eigenvalue weighted by Gasteiger charge is -2.13. The first kappa shape index (κ1) is 18.4. The first-order valence-electron chi connectivity index (χ1n) is 8.53. The van der Waals surface area contributed by atoms with Gasteiger partial charge in [0.15, 0.2) is 5.65 Å². The van der Waals surface area contributed by atoms with E-state index in [1.807, 2.05) is 18.2 Å². The molecular formula is C19H20N4O4. The molecule has 0 spiro atoms. The number of methoxy groups -OCH3 is 1. The number of carbonyl (C=O) groups excluding carboxylic acids is 1. The second kappa shape index (κ2) is 7.86. The van der Waals surface area contributed by atoms with Crippen molar-refractivity contribution >= 4 is 17.1 Å². The van der Waals surface area contributed by atoms with Gasteiger partial charge in [0.1, 0.15) is 12.3 Å². The van der Waals surface area contributed by atoms with Gasteiger partial charge in [-0.3, -0.25) is 23.5 Å². The van der Waals surface area contributed by atoms with Gasteiger partial charge >= 0.3 is 11.1 Å². The standard InChI is InChI=1S/C19H20N4O4/c1-3-22-17-14(8-6-10-20-17)23(19(26)18(22)25)12-16(24)21-11-13-7-4-5-9-15(13)27-2/h4-10H,3,11-12H2,1-2H3,(H,21,24). The molecule has 1 amide bonds. The zero-order valence-corrected chi connectivity index (χ0v) is 15.1. The fraction of sp³-hybridized carbons (Fsp3) is 0.263. The number of ether oxygens (including phenoxy) is 1. The molecule has 140 valence electrons. The molecule has 0 unspecified atom stereocenters. The van der Waals surface area contributed by atoms with Gasteiger partial charge in [-0.25, -0.2) is 4.98 Å². The van der Waals surface area contributed by atoms with Gasteiger partial charge in [0, 0.05) is 24.8 Å². The lowest BCUT2D eigenvalue weighted by molar-refractivity contribution is -0.121. The van der Waals surface area contributed by atoms with Crippen LogP contribution in [0.3, 0.4) is 0 Å². The van der Waals surface area contributed by atoms with Crippen LogP contribution in [0.25, 0.3) is 11.2 Å². The lowest BCUT2D eigenvalue weighted by Crippen LogP contribution is -2.44. The average Bonchev–Trinajstić information content (AvgIpc) is 2.70. The molecule has 2 aromatic heterocycles. The largest absolute Gasteiger partial charge is 0.496 e. The molecule has 0 aliphatic carbocycles. The van der Waals surface area contributed by atoms with Crippen molar-refractivity contribution in [3.63, 3.8) is 0 Å². The number of nitrogens with one attached hydrogen (secondary N) is 1. The molecule has 0 bridgehead atoms. The van der Waals surface area contributed by atoms with Crippen LogP contribution in [0.15, 0.2) is 52.2 Å². The van der Waals surface area contributed by atoms with Crippen molar-refractivity contribution in [1.29, 1.82) is 0 Å². The summed E-state index contributed by atoms with van der Waals surface area (Å²) in [5.74, 6) is 0.275. The number of rotatable bonds is 6. The Morgan fingerprint density at radius 3 is 2.59 bits per heavy atom. The molecule has 0 aliphatic heterocycles. The van der Waals surface area contributed by atoms with E-state index in [-0.39, 0.29) is 19.0 Å². The number of aromatic nitrogens is 3. The summed E-state index contributed by atoms with van der Waals surface area (Å²) in [5.41, 5.74) is 0.193. The van der Waals surface area contributed by atoms with Gasteiger partial charge in [0.25, 0.3) is 0 Å². The Kier molecular flexibility index (Phi) is 5.35. The number of benzene rings is 1. The highest BCUT2D eigenvalue weighted by Gasteiger charge is 2.15. The van der Waals surface area contributed by atoms with Crippen molar-refractivity contribution in [2.75, 3.05) is 7.11 Å². The highest BCUT2D eigenvalue weighted by atomic mass is 16.5. The van der Waals surface area contributed by atoms with Crippen molar-refractivity contribution in [3.05, 3.63) is 68.9 Å². The van der Waals surface area contributed by atoms with Crippen molar-refractivity contribution in [1.82, 2.24) is 19.4 Å². The molecule has 0 aliphatic rings. The summed E-state index contributed by atoms with van der Waals surface area (Å²) in [6, 6.07) is 10.7. The minimum atomic E-state index is -0.746. The predicted molar refractivity (Wildman–Crippen MR) is 101 cm³/mol. The summed E-state index contributed by atoms with van der Waals surface area (Å²) >= 11 is 0. The van der Waals surface area contributed by atoms with Crippen LogP contribution < -0.4 is 21.2 Å². The maximum absolute atomic E-state index is 12.5. The maximum atomic E-state index is 12.5. The van der Waals surface area contributed by atoms with E-state index in [0.717, 1.165) is 10.1 Å².